The third-order valence-corrected chi connectivity index (χ3v) is 2.52. The first kappa shape index (κ1) is 10.5. The molecule has 0 saturated heterocycles. The Morgan fingerprint density at radius 3 is 2.81 bits per heavy atom. The molecule has 1 aromatic rings. The number of nitrogens with two attached hydrogens (primary N) is 1. The zero-order valence-electron chi connectivity index (χ0n) is 9.15. The minimum Gasteiger partial charge on any atom is -0.506 e. The molecule has 84 valence electrons. The number of hydrogen-bond acceptors (Lipinski definition) is 4. The molecule has 0 bridgehead atoms. The summed E-state index contributed by atoms with van der Waals surface area (Å²) in [6, 6.07) is 1.56. The highest BCUT2D eigenvalue weighted by molar-refractivity contribution is 5.91. The summed E-state index contributed by atoms with van der Waals surface area (Å²) < 4.78 is 5.64. The van der Waals surface area contributed by atoms with E-state index in [4.69, 9.17) is 10.5 Å². The van der Waals surface area contributed by atoms with E-state index in [9.17, 15) is 9.90 Å². The predicted molar refractivity (Wildman–Crippen MR) is 61.6 cm³/mol. The number of hydrogen-bond donors (Lipinski definition) is 2. The molecule has 0 spiro atoms. The van der Waals surface area contributed by atoms with Crippen LogP contribution >= 0.6 is 0 Å². The SMILES string of the molecule is CC1(C)C=Cc2c(cc(N)c(C=O)c2O)O1. The van der Waals surface area contributed by atoms with Crippen molar-refractivity contribution in [3.05, 3.63) is 23.3 Å². The van der Waals surface area contributed by atoms with Gasteiger partial charge in [0.05, 0.1) is 11.1 Å². The van der Waals surface area contributed by atoms with Crippen molar-refractivity contribution >= 4 is 18.0 Å². The van der Waals surface area contributed by atoms with E-state index in [2.05, 4.69) is 0 Å². The van der Waals surface area contributed by atoms with Crippen molar-refractivity contribution in [3.63, 3.8) is 0 Å². The number of phenols is 1. The Hall–Kier alpha value is -1.97. The molecule has 4 heteroatoms. The van der Waals surface area contributed by atoms with Gasteiger partial charge in [-0.25, -0.2) is 0 Å². The van der Waals surface area contributed by atoms with Gasteiger partial charge in [0.2, 0.25) is 0 Å². The molecule has 0 fully saturated rings. The monoisotopic (exact) mass is 219 g/mol. The third kappa shape index (κ3) is 1.52. The molecule has 0 atom stereocenters. The smallest absolute Gasteiger partial charge is 0.155 e. The number of fused-ring (bicyclic) bond motifs is 1. The lowest BCUT2D eigenvalue weighted by atomic mass is 9.99. The maximum atomic E-state index is 10.8. The van der Waals surface area contributed by atoms with Gasteiger partial charge in [-0.05, 0) is 26.0 Å². The van der Waals surface area contributed by atoms with E-state index in [1.807, 2.05) is 19.9 Å². The quantitative estimate of drug-likeness (QED) is 0.559. The molecule has 0 saturated carbocycles. The molecule has 0 aliphatic carbocycles. The fourth-order valence-electron chi connectivity index (χ4n) is 1.67. The molecule has 0 unspecified atom stereocenters. The molecular weight excluding hydrogens is 206 g/mol. The van der Waals surface area contributed by atoms with Gasteiger partial charge in [-0.1, -0.05) is 0 Å². The summed E-state index contributed by atoms with van der Waals surface area (Å²) in [5, 5.41) is 9.84. The Balaban J connectivity index is 2.65. The standard InChI is InChI=1S/C12H13NO3/c1-12(2)4-3-7-10(16-12)5-9(13)8(6-14)11(7)15/h3-6,15H,13H2,1-2H3. The van der Waals surface area contributed by atoms with Gasteiger partial charge < -0.3 is 15.6 Å². The molecule has 0 amide bonds. The first-order valence-corrected chi connectivity index (χ1v) is 4.93. The van der Waals surface area contributed by atoms with Crippen LogP contribution in [-0.4, -0.2) is 17.0 Å². The largest absolute Gasteiger partial charge is 0.506 e. The highest BCUT2D eigenvalue weighted by atomic mass is 16.5. The van der Waals surface area contributed by atoms with Crippen LogP contribution in [0.5, 0.6) is 11.5 Å². The number of carbonyl (C=O) groups excluding carboxylic acids is 1. The lowest BCUT2D eigenvalue weighted by Gasteiger charge is -2.28. The van der Waals surface area contributed by atoms with Crippen molar-refractivity contribution < 1.29 is 14.6 Å². The van der Waals surface area contributed by atoms with Crippen LogP contribution in [0.15, 0.2) is 12.1 Å². The summed E-state index contributed by atoms with van der Waals surface area (Å²) in [5.41, 5.74) is 6.03. The lowest BCUT2D eigenvalue weighted by molar-refractivity contribution is 0.112. The Morgan fingerprint density at radius 1 is 1.50 bits per heavy atom. The predicted octanol–water partition coefficient (Wildman–Crippen LogP) is 1.97. The zero-order chi connectivity index (χ0) is 11.9. The molecule has 0 aromatic heterocycles. The second kappa shape index (κ2) is 3.27. The zero-order valence-corrected chi connectivity index (χ0v) is 9.15. The van der Waals surface area contributed by atoms with E-state index in [0.29, 0.717) is 17.6 Å². The molecule has 1 aromatic carbocycles. The first-order valence-electron chi connectivity index (χ1n) is 4.93. The fraction of sp³-hybridized carbons (Fsp3) is 0.250. The summed E-state index contributed by atoms with van der Waals surface area (Å²) in [6.45, 7) is 3.79. The van der Waals surface area contributed by atoms with Crippen molar-refractivity contribution in [2.75, 3.05) is 5.73 Å². The van der Waals surface area contributed by atoms with Crippen LogP contribution in [0.2, 0.25) is 0 Å². The minimum atomic E-state index is -0.436. The molecular formula is C12H13NO3. The average Bonchev–Trinajstić information content (AvgIpc) is 2.16. The maximum Gasteiger partial charge on any atom is 0.155 e. The van der Waals surface area contributed by atoms with E-state index in [0.717, 1.165) is 0 Å². The molecule has 2 rings (SSSR count). The molecule has 4 nitrogen and oxygen atoms in total. The molecule has 1 heterocycles. The van der Waals surface area contributed by atoms with Crippen molar-refractivity contribution in [1.29, 1.82) is 0 Å². The molecule has 16 heavy (non-hydrogen) atoms. The number of ether oxygens (including phenoxy) is 1. The number of nitrogen functional groups attached to an aromatic ring is 1. The van der Waals surface area contributed by atoms with Gasteiger partial charge in [0.25, 0.3) is 0 Å². The Labute approximate surface area is 93.3 Å². The van der Waals surface area contributed by atoms with E-state index < -0.39 is 5.60 Å². The van der Waals surface area contributed by atoms with E-state index in [-0.39, 0.29) is 17.0 Å². The first-order chi connectivity index (χ1) is 7.44. The number of aldehydes is 1. The van der Waals surface area contributed by atoms with Crippen LogP contribution < -0.4 is 10.5 Å². The summed E-state index contributed by atoms with van der Waals surface area (Å²) in [7, 11) is 0. The number of benzene rings is 1. The number of aromatic hydroxyl groups is 1. The van der Waals surface area contributed by atoms with Gasteiger partial charge in [0.1, 0.15) is 17.1 Å². The van der Waals surface area contributed by atoms with Gasteiger partial charge in [0, 0.05) is 11.8 Å². The highest BCUT2D eigenvalue weighted by Crippen LogP contribution is 2.40. The molecule has 3 N–H and O–H groups in total. The highest BCUT2D eigenvalue weighted by Gasteiger charge is 2.25. The van der Waals surface area contributed by atoms with Gasteiger partial charge in [0.15, 0.2) is 6.29 Å². The van der Waals surface area contributed by atoms with Crippen LogP contribution in [0.1, 0.15) is 29.8 Å². The van der Waals surface area contributed by atoms with Crippen molar-refractivity contribution in [1.82, 2.24) is 0 Å². The maximum absolute atomic E-state index is 10.8. The van der Waals surface area contributed by atoms with Crippen LogP contribution in [-0.2, 0) is 0 Å². The summed E-state index contributed by atoms with van der Waals surface area (Å²) in [4.78, 5) is 10.8. The lowest BCUT2D eigenvalue weighted by Crippen LogP contribution is -2.27. The van der Waals surface area contributed by atoms with Crippen LogP contribution in [0.25, 0.3) is 6.08 Å². The second-order valence-corrected chi connectivity index (χ2v) is 4.30. The normalized spacial score (nSPS) is 16.4. The Bertz CT molecular complexity index is 490. The number of carbonyl (C=O) groups is 1. The molecule has 0 radical (unpaired) electrons. The van der Waals surface area contributed by atoms with E-state index in [1.165, 1.54) is 0 Å². The summed E-state index contributed by atoms with van der Waals surface area (Å²) >= 11 is 0. The third-order valence-electron chi connectivity index (χ3n) is 2.52. The van der Waals surface area contributed by atoms with Gasteiger partial charge in [-0.3, -0.25) is 4.79 Å². The topological polar surface area (TPSA) is 72.6 Å². The van der Waals surface area contributed by atoms with Crippen LogP contribution in [0, 0.1) is 0 Å². The van der Waals surface area contributed by atoms with E-state index in [1.54, 1.807) is 12.1 Å². The van der Waals surface area contributed by atoms with Gasteiger partial charge >= 0.3 is 0 Å². The molecule has 1 aliphatic heterocycles. The van der Waals surface area contributed by atoms with Crippen molar-refractivity contribution in [2.24, 2.45) is 0 Å². The summed E-state index contributed by atoms with van der Waals surface area (Å²) in [5.74, 6) is 0.366. The Kier molecular flexibility index (Phi) is 2.15. The number of rotatable bonds is 1. The van der Waals surface area contributed by atoms with E-state index >= 15 is 0 Å². The minimum absolute atomic E-state index is 0.103. The second-order valence-electron chi connectivity index (χ2n) is 4.30. The fourth-order valence-corrected chi connectivity index (χ4v) is 1.67. The number of anilines is 1. The van der Waals surface area contributed by atoms with Crippen LogP contribution in [0.4, 0.5) is 5.69 Å². The van der Waals surface area contributed by atoms with Gasteiger partial charge in [-0.2, -0.15) is 0 Å². The van der Waals surface area contributed by atoms with Crippen LogP contribution in [0.3, 0.4) is 0 Å². The molecule has 1 aliphatic rings. The Morgan fingerprint density at radius 2 is 2.19 bits per heavy atom. The van der Waals surface area contributed by atoms with Crippen molar-refractivity contribution in [3.8, 4) is 11.5 Å². The average molecular weight is 219 g/mol. The van der Waals surface area contributed by atoms with Crippen molar-refractivity contribution in [2.45, 2.75) is 19.4 Å². The summed E-state index contributed by atoms with van der Waals surface area (Å²) in [6.07, 6.45) is 4.10. The number of phenolic OH excluding ortho intramolecular Hbond substituents is 1. The van der Waals surface area contributed by atoms with Gasteiger partial charge in [-0.15, -0.1) is 0 Å².